The highest BCUT2D eigenvalue weighted by molar-refractivity contribution is 5.03. The summed E-state index contributed by atoms with van der Waals surface area (Å²) in [6.07, 6.45) is 0.978. The molecule has 108 valence electrons. The molecule has 0 aromatic rings. The summed E-state index contributed by atoms with van der Waals surface area (Å²) in [4.78, 5) is 0. The van der Waals surface area contributed by atoms with Gasteiger partial charge in [-0.1, -0.05) is 0 Å². The first-order valence-electron chi connectivity index (χ1n) is 6.86. The summed E-state index contributed by atoms with van der Waals surface area (Å²) in [7, 11) is 0. The monoisotopic (exact) mass is 258 g/mol. The van der Waals surface area contributed by atoms with Crippen molar-refractivity contribution in [1.29, 1.82) is 0 Å². The second-order valence-corrected chi connectivity index (χ2v) is 6.96. The van der Waals surface area contributed by atoms with Gasteiger partial charge < -0.3 is 9.47 Å². The molecule has 1 heterocycles. The highest BCUT2D eigenvalue weighted by atomic mass is 16.5. The summed E-state index contributed by atoms with van der Waals surface area (Å²) in [6.45, 7) is 15.4. The predicted molar refractivity (Wildman–Crippen MR) is 74.2 cm³/mol. The van der Waals surface area contributed by atoms with E-state index >= 15 is 0 Å². The smallest absolute Gasteiger partial charge is 0.0795 e. The number of nitrogens with two attached hydrogens (primary N) is 1. The molecule has 2 unspecified atom stereocenters. The SMILES string of the molecule is CCOC(C)(C)C(NN)C1CC(C)(C)OC1(C)C. The minimum atomic E-state index is -0.310. The third-order valence-corrected chi connectivity index (χ3v) is 3.99. The first kappa shape index (κ1) is 15.9. The minimum Gasteiger partial charge on any atom is -0.374 e. The van der Waals surface area contributed by atoms with Crippen molar-refractivity contribution >= 4 is 0 Å². The molecule has 1 fully saturated rings. The second-order valence-electron chi connectivity index (χ2n) is 6.96. The van der Waals surface area contributed by atoms with Crippen LogP contribution in [0.25, 0.3) is 0 Å². The van der Waals surface area contributed by atoms with Gasteiger partial charge in [-0.05, 0) is 54.9 Å². The molecule has 4 nitrogen and oxygen atoms in total. The lowest BCUT2D eigenvalue weighted by Crippen LogP contribution is -2.58. The van der Waals surface area contributed by atoms with Crippen LogP contribution in [-0.2, 0) is 9.47 Å². The largest absolute Gasteiger partial charge is 0.374 e. The molecule has 4 heteroatoms. The third-order valence-electron chi connectivity index (χ3n) is 3.99. The lowest BCUT2D eigenvalue weighted by Gasteiger charge is -2.41. The number of hydrogen-bond donors (Lipinski definition) is 2. The van der Waals surface area contributed by atoms with Crippen LogP contribution in [0, 0.1) is 5.92 Å². The summed E-state index contributed by atoms with van der Waals surface area (Å²) in [6, 6.07) is 0.0641. The average Bonchev–Trinajstić information content (AvgIpc) is 2.35. The highest BCUT2D eigenvalue weighted by Crippen LogP contribution is 2.45. The maximum atomic E-state index is 6.15. The van der Waals surface area contributed by atoms with Crippen LogP contribution >= 0.6 is 0 Å². The topological polar surface area (TPSA) is 56.5 Å². The first-order chi connectivity index (χ1) is 8.06. The molecular formula is C14H30N2O2. The number of hydrogen-bond acceptors (Lipinski definition) is 4. The molecule has 1 rings (SSSR count). The van der Waals surface area contributed by atoms with Gasteiger partial charge in [0.05, 0.1) is 22.8 Å². The van der Waals surface area contributed by atoms with Gasteiger partial charge in [0.25, 0.3) is 0 Å². The van der Waals surface area contributed by atoms with Crippen LogP contribution < -0.4 is 11.3 Å². The summed E-state index contributed by atoms with van der Waals surface area (Å²) >= 11 is 0. The fourth-order valence-corrected chi connectivity index (χ4v) is 3.39. The molecule has 1 aliphatic heterocycles. The van der Waals surface area contributed by atoms with E-state index in [4.69, 9.17) is 15.3 Å². The second kappa shape index (κ2) is 5.08. The molecule has 0 bridgehead atoms. The van der Waals surface area contributed by atoms with Crippen LogP contribution in [0.5, 0.6) is 0 Å². The van der Waals surface area contributed by atoms with E-state index in [1.54, 1.807) is 0 Å². The normalized spacial score (nSPS) is 28.3. The summed E-state index contributed by atoms with van der Waals surface area (Å²) < 4.78 is 12.0. The van der Waals surface area contributed by atoms with Crippen LogP contribution in [0.1, 0.15) is 54.9 Å². The predicted octanol–water partition coefficient (Wildman–Crippen LogP) is 2.23. The Morgan fingerprint density at radius 3 is 2.28 bits per heavy atom. The van der Waals surface area contributed by atoms with E-state index in [-0.39, 0.29) is 22.8 Å². The van der Waals surface area contributed by atoms with Gasteiger partial charge in [-0.15, -0.1) is 0 Å². The molecule has 0 saturated carbocycles. The molecule has 0 aromatic heterocycles. The highest BCUT2D eigenvalue weighted by Gasteiger charge is 2.52. The van der Waals surface area contributed by atoms with E-state index in [0.717, 1.165) is 6.42 Å². The summed E-state index contributed by atoms with van der Waals surface area (Å²) in [5.41, 5.74) is 2.34. The van der Waals surface area contributed by atoms with Crippen molar-refractivity contribution in [3.63, 3.8) is 0 Å². The minimum absolute atomic E-state index is 0.0641. The van der Waals surface area contributed by atoms with E-state index in [2.05, 4.69) is 47.0 Å². The number of nitrogens with one attached hydrogen (secondary N) is 1. The molecule has 18 heavy (non-hydrogen) atoms. The summed E-state index contributed by atoms with van der Waals surface area (Å²) in [5.74, 6) is 6.11. The fraction of sp³-hybridized carbons (Fsp3) is 1.00. The van der Waals surface area contributed by atoms with E-state index in [0.29, 0.717) is 12.5 Å². The maximum absolute atomic E-state index is 6.15. The van der Waals surface area contributed by atoms with Crippen molar-refractivity contribution in [2.75, 3.05) is 6.61 Å². The van der Waals surface area contributed by atoms with Gasteiger partial charge in [0.2, 0.25) is 0 Å². The van der Waals surface area contributed by atoms with E-state index in [9.17, 15) is 0 Å². The molecule has 1 aliphatic rings. The van der Waals surface area contributed by atoms with Gasteiger partial charge in [0.1, 0.15) is 0 Å². The standard InChI is InChI=1S/C14H30N2O2/c1-8-17-14(6,7)11(16-15)10-9-12(2,3)18-13(10,4)5/h10-11,16H,8-9,15H2,1-7H3. The van der Waals surface area contributed by atoms with Crippen LogP contribution in [0.4, 0.5) is 0 Å². The Kier molecular flexibility index (Phi) is 4.49. The molecule has 0 aliphatic carbocycles. The van der Waals surface area contributed by atoms with Crippen LogP contribution in [0.15, 0.2) is 0 Å². The number of ether oxygens (including phenoxy) is 2. The maximum Gasteiger partial charge on any atom is 0.0795 e. The van der Waals surface area contributed by atoms with Crippen molar-refractivity contribution in [2.45, 2.75) is 77.7 Å². The fourth-order valence-electron chi connectivity index (χ4n) is 3.39. The van der Waals surface area contributed by atoms with Crippen LogP contribution in [0.3, 0.4) is 0 Å². The van der Waals surface area contributed by atoms with E-state index < -0.39 is 0 Å². The quantitative estimate of drug-likeness (QED) is 0.586. The lowest BCUT2D eigenvalue weighted by atomic mass is 9.76. The van der Waals surface area contributed by atoms with Crippen molar-refractivity contribution in [3.05, 3.63) is 0 Å². The lowest BCUT2D eigenvalue weighted by molar-refractivity contribution is -0.101. The average molecular weight is 258 g/mol. The van der Waals surface area contributed by atoms with Gasteiger partial charge in [-0.25, -0.2) is 0 Å². The molecule has 0 spiro atoms. The molecular weight excluding hydrogens is 228 g/mol. The van der Waals surface area contributed by atoms with Crippen molar-refractivity contribution < 1.29 is 9.47 Å². The zero-order valence-corrected chi connectivity index (χ0v) is 13.0. The zero-order valence-electron chi connectivity index (χ0n) is 13.0. The molecule has 1 saturated heterocycles. The molecule has 0 radical (unpaired) electrons. The first-order valence-corrected chi connectivity index (χ1v) is 6.86. The van der Waals surface area contributed by atoms with Crippen molar-refractivity contribution in [3.8, 4) is 0 Å². The van der Waals surface area contributed by atoms with Crippen LogP contribution in [-0.4, -0.2) is 29.5 Å². The number of rotatable bonds is 5. The van der Waals surface area contributed by atoms with Crippen LogP contribution in [0.2, 0.25) is 0 Å². The van der Waals surface area contributed by atoms with Gasteiger partial charge in [0.15, 0.2) is 0 Å². The Labute approximate surface area is 112 Å². The Balaban J connectivity index is 2.96. The van der Waals surface area contributed by atoms with Gasteiger partial charge in [-0.2, -0.15) is 0 Å². The third kappa shape index (κ3) is 3.23. The molecule has 0 aromatic carbocycles. The Bertz CT molecular complexity index is 288. The van der Waals surface area contributed by atoms with E-state index in [1.165, 1.54) is 0 Å². The Morgan fingerprint density at radius 2 is 1.94 bits per heavy atom. The zero-order chi connectivity index (χ0) is 14.2. The van der Waals surface area contributed by atoms with Crippen molar-refractivity contribution in [1.82, 2.24) is 5.43 Å². The Hall–Kier alpha value is -0.160. The number of hydrazine groups is 1. The molecule has 0 amide bonds. The Morgan fingerprint density at radius 1 is 1.39 bits per heavy atom. The summed E-state index contributed by atoms with van der Waals surface area (Å²) in [5, 5.41) is 0. The molecule has 2 atom stereocenters. The van der Waals surface area contributed by atoms with Gasteiger partial charge in [0, 0.05) is 12.5 Å². The molecule has 3 N–H and O–H groups in total. The van der Waals surface area contributed by atoms with Gasteiger partial charge >= 0.3 is 0 Å². The van der Waals surface area contributed by atoms with Crippen molar-refractivity contribution in [2.24, 2.45) is 11.8 Å². The van der Waals surface area contributed by atoms with Gasteiger partial charge in [-0.3, -0.25) is 11.3 Å². The van der Waals surface area contributed by atoms with E-state index in [1.807, 2.05) is 6.92 Å².